The zero-order valence-electron chi connectivity index (χ0n) is 9.70. The van der Waals surface area contributed by atoms with Crippen LogP contribution in [0.4, 0.5) is 0 Å². The van der Waals surface area contributed by atoms with Crippen LogP contribution in [0.1, 0.15) is 11.1 Å². The monoisotopic (exact) mass is 351 g/mol. The minimum Gasteiger partial charge on any atom is -0.192 e. The van der Waals surface area contributed by atoms with E-state index in [1.165, 1.54) is 0 Å². The lowest BCUT2D eigenvalue weighted by Crippen LogP contribution is -1.83. The Bertz CT molecular complexity index is 670. The number of nitrogens with zero attached hydrogens (tertiary/aromatic N) is 1. The third-order valence-corrected chi connectivity index (χ3v) is 3.80. The van der Waals surface area contributed by atoms with E-state index < -0.39 is 0 Å². The van der Waals surface area contributed by atoms with Crippen molar-refractivity contribution in [3.63, 3.8) is 0 Å². The maximum Gasteiger partial charge on any atom is 0.0998 e. The summed E-state index contributed by atoms with van der Waals surface area (Å²) >= 11 is 15.2. The summed E-state index contributed by atoms with van der Waals surface area (Å²) in [5, 5.41) is 10.2. The number of hydrogen-bond acceptors (Lipinski definition) is 1. The lowest BCUT2D eigenvalue weighted by atomic mass is 10.0. The molecule has 94 valence electrons. The average Bonchev–Trinajstić information content (AvgIpc) is 2.41. The molecule has 0 atom stereocenters. The van der Waals surface area contributed by atoms with Crippen LogP contribution in [-0.4, -0.2) is 0 Å². The third-order valence-electron chi connectivity index (χ3n) is 2.53. The number of allylic oxidation sites excluding steroid dienone is 1. The van der Waals surface area contributed by atoms with Crippen LogP contribution in [0.15, 0.2) is 46.9 Å². The molecular formula is C15H8BrCl2N. The van der Waals surface area contributed by atoms with Crippen LogP contribution in [0.5, 0.6) is 0 Å². The predicted octanol–water partition coefficient (Wildman–Crippen LogP) is 5.82. The fourth-order valence-electron chi connectivity index (χ4n) is 1.57. The lowest BCUT2D eigenvalue weighted by Gasteiger charge is -2.02. The zero-order valence-corrected chi connectivity index (χ0v) is 12.8. The van der Waals surface area contributed by atoms with Crippen LogP contribution >= 0.6 is 39.1 Å². The van der Waals surface area contributed by atoms with Crippen molar-refractivity contribution in [3.05, 3.63) is 68.1 Å². The molecule has 1 nitrogen and oxygen atoms in total. The quantitative estimate of drug-likeness (QED) is 0.493. The van der Waals surface area contributed by atoms with E-state index >= 15 is 0 Å². The standard InChI is InChI=1S/C15H8BrCl2N/c16-13-4-1-10(2-5-13)7-12(9-19)11-3-6-14(17)15(18)8-11/h1-8H/b12-7+. The van der Waals surface area contributed by atoms with Gasteiger partial charge in [-0.15, -0.1) is 0 Å². The van der Waals surface area contributed by atoms with Gasteiger partial charge < -0.3 is 0 Å². The van der Waals surface area contributed by atoms with Gasteiger partial charge in [-0.3, -0.25) is 0 Å². The van der Waals surface area contributed by atoms with Gasteiger partial charge in [0, 0.05) is 4.47 Å². The molecule has 0 aliphatic heterocycles. The molecule has 0 aromatic heterocycles. The first kappa shape index (κ1) is 14.1. The van der Waals surface area contributed by atoms with Gasteiger partial charge in [0.1, 0.15) is 0 Å². The van der Waals surface area contributed by atoms with Gasteiger partial charge in [0.25, 0.3) is 0 Å². The molecule has 0 N–H and O–H groups in total. The van der Waals surface area contributed by atoms with Crippen molar-refractivity contribution in [2.45, 2.75) is 0 Å². The molecule has 0 spiro atoms. The molecule has 0 bridgehead atoms. The molecule has 0 aliphatic rings. The van der Waals surface area contributed by atoms with Crippen molar-refractivity contribution in [2.75, 3.05) is 0 Å². The van der Waals surface area contributed by atoms with E-state index in [4.69, 9.17) is 23.2 Å². The van der Waals surface area contributed by atoms with Crippen molar-refractivity contribution >= 4 is 50.8 Å². The fourth-order valence-corrected chi connectivity index (χ4v) is 2.13. The summed E-state index contributed by atoms with van der Waals surface area (Å²) in [6, 6.07) is 15.0. The third kappa shape index (κ3) is 3.61. The molecule has 19 heavy (non-hydrogen) atoms. The smallest absolute Gasteiger partial charge is 0.0998 e. The van der Waals surface area contributed by atoms with Crippen molar-refractivity contribution in [1.82, 2.24) is 0 Å². The van der Waals surface area contributed by atoms with Gasteiger partial charge in [-0.2, -0.15) is 5.26 Å². The van der Waals surface area contributed by atoms with Crippen LogP contribution in [0.3, 0.4) is 0 Å². The summed E-state index contributed by atoms with van der Waals surface area (Å²) in [6.07, 6.45) is 1.81. The molecule has 0 fully saturated rings. The molecule has 0 unspecified atom stereocenters. The van der Waals surface area contributed by atoms with E-state index in [1.807, 2.05) is 30.3 Å². The highest BCUT2D eigenvalue weighted by molar-refractivity contribution is 9.10. The van der Waals surface area contributed by atoms with Gasteiger partial charge in [-0.25, -0.2) is 0 Å². The Morgan fingerprint density at radius 1 is 1.05 bits per heavy atom. The predicted molar refractivity (Wildman–Crippen MR) is 84.1 cm³/mol. The number of rotatable bonds is 2. The summed E-state index contributed by atoms with van der Waals surface area (Å²) in [4.78, 5) is 0. The highest BCUT2D eigenvalue weighted by Gasteiger charge is 2.04. The molecule has 0 saturated heterocycles. The van der Waals surface area contributed by atoms with Crippen LogP contribution in [0.25, 0.3) is 11.6 Å². The molecule has 2 aromatic rings. The molecule has 0 amide bonds. The van der Waals surface area contributed by atoms with Gasteiger partial charge in [0.05, 0.1) is 21.7 Å². The van der Waals surface area contributed by atoms with Crippen molar-refractivity contribution in [3.8, 4) is 6.07 Å². The summed E-state index contributed by atoms with van der Waals surface area (Å²) in [7, 11) is 0. The van der Waals surface area contributed by atoms with E-state index in [9.17, 15) is 5.26 Å². The number of benzene rings is 2. The Morgan fingerprint density at radius 2 is 1.74 bits per heavy atom. The minimum absolute atomic E-state index is 0.441. The van der Waals surface area contributed by atoms with Crippen molar-refractivity contribution in [2.24, 2.45) is 0 Å². The Hall–Kier alpha value is -1.27. The van der Waals surface area contributed by atoms with Crippen LogP contribution < -0.4 is 0 Å². The second-order valence-corrected chi connectivity index (χ2v) is 5.58. The second kappa shape index (κ2) is 6.25. The molecule has 2 rings (SSSR count). The number of halogens is 3. The average molecular weight is 353 g/mol. The minimum atomic E-state index is 0.441. The Balaban J connectivity index is 2.42. The first-order chi connectivity index (χ1) is 9.10. The molecule has 4 heteroatoms. The zero-order chi connectivity index (χ0) is 13.8. The topological polar surface area (TPSA) is 23.8 Å². The van der Waals surface area contributed by atoms with E-state index in [2.05, 4.69) is 22.0 Å². The van der Waals surface area contributed by atoms with Gasteiger partial charge in [-0.1, -0.05) is 57.3 Å². The van der Waals surface area contributed by atoms with Crippen molar-refractivity contribution in [1.29, 1.82) is 5.26 Å². The number of hydrogen-bond donors (Lipinski definition) is 0. The highest BCUT2D eigenvalue weighted by atomic mass is 79.9. The maximum atomic E-state index is 9.25. The molecular weight excluding hydrogens is 345 g/mol. The van der Waals surface area contributed by atoms with E-state index in [1.54, 1.807) is 18.2 Å². The molecule has 2 aromatic carbocycles. The molecule has 0 aliphatic carbocycles. The van der Waals surface area contributed by atoms with Crippen LogP contribution in [-0.2, 0) is 0 Å². The molecule has 0 saturated carbocycles. The Morgan fingerprint density at radius 3 is 2.32 bits per heavy atom. The first-order valence-electron chi connectivity index (χ1n) is 5.43. The maximum absolute atomic E-state index is 9.25. The Kier molecular flexibility index (Phi) is 4.66. The molecule has 0 radical (unpaired) electrons. The largest absolute Gasteiger partial charge is 0.192 e. The highest BCUT2D eigenvalue weighted by Crippen LogP contribution is 2.27. The summed E-state index contributed by atoms with van der Waals surface area (Å²) in [5.74, 6) is 0. The first-order valence-corrected chi connectivity index (χ1v) is 6.98. The Labute approximate surface area is 130 Å². The lowest BCUT2D eigenvalue weighted by molar-refractivity contribution is 1.52. The summed E-state index contributed by atoms with van der Waals surface area (Å²) in [6.45, 7) is 0. The van der Waals surface area contributed by atoms with Crippen LogP contribution in [0, 0.1) is 11.3 Å². The fraction of sp³-hybridized carbons (Fsp3) is 0. The van der Waals surface area contributed by atoms with E-state index in [0.29, 0.717) is 15.6 Å². The molecule has 0 heterocycles. The summed E-state index contributed by atoms with van der Waals surface area (Å²) in [5.41, 5.74) is 2.24. The summed E-state index contributed by atoms with van der Waals surface area (Å²) < 4.78 is 0.998. The number of nitriles is 1. The van der Waals surface area contributed by atoms with Gasteiger partial charge in [0.15, 0.2) is 0 Å². The second-order valence-electron chi connectivity index (χ2n) is 3.85. The van der Waals surface area contributed by atoms with Crippen LogP contribution in [0.2, 0.25) is 10.0 Å². The van der Waals surface area contributed by atoms with Gasteiger partial charge in [-0.05, 0) is 41.5 Å². The SMILES string of the molecule is N#C/C(=C\c1ccc(Br)cc1)c1ccc(Cl)c(Cl)c1. The van der Waals surface area contributed by atoms with Crippen molar-refractivity contribution < 1.29 is 0 Å². The normalized spacial score (nSPS) is 11.2. The van der Waals surface area contributed by atoms with E-state index in [0.717, 1.165) is 15.6 Å². The van der Waals surface area contributed by atoms with Gasteiger partial charge >= 0.3 is 0 Å². The van der Waals surface area contributed by atoms with Gasteiger partial charge in [0.2, 0.25) is 0 Å². The van der Waals surface area contributed by atoms with E-state index in [-0.39, 0.29) is 0 Å².